The highest BCUT2D eigenvalue weighted by atomic mass is 35.5. The number of piperidine rings is 1. The predicted molar refractivity (Wildman–Crippen MR) is 168 cm³/mol. The Bertz CT molecular complexity index is 1340. The zero-order valence-corrected chi connectivity index (χ0v) is 26.2. The first-order valence-corrected chi connectivity index (χ1v) is 15.0. The second-order valence-corrected chi connectivity index (χ2v) is 12.2. The molecule has 2 aromatic rings. The molecule has 2 atom stereocenters. The Morgan fingerprint density at radius 3 is 2.46 bits per heavy atom. The number of halogens is 3. The molecule has 0 aliphatic carbocycles. The average Bonchev–Trinajstić information content (AvgIpc) is 3.08. The Labute approximate surface area is 259 Å². The molecule has 2 aliphatic heterocycles. The number of ether oxygens (including phenoxy) is 2. The third-order valence-electron chi connectivity index (χ3n) is 7.27. The summed E-state index contributed by atoms with van der Waals surface area (Å²) in [5.41, 5.74) is 7.19. The van der Waals surface area contributed by atoms with Gasteiger partial charge in [-0.25, -0.2) is 8.42 Å². The van der Waals surface area contributed by atoms with E-state index in [4.69, 9.17) is 32.2 Å². The van der Waals surface area contributed by atoms with Crippen molar-refractivity contribution in [3.63, 3.8) is 0 Å². The van der Waals surface area contributed by atoms with Crippen LogP contribution in [0, 0.1) is 5.41 Å². The van der Waals surface area contributed by atoms with Gasteiger partial charge in [-0.3, -0.25) is 14.5 Å². The molecule has 3 N–H and O–H groups in total. The van der Waals surface area contributed by atoms with Crippen molar-refractivity contribution in [2.24, 2.45) is 5.73 Å². The zero-order valence-electron chi connectivity index (χ0n) is 23.0. The second kappa shape index (κ2) is 15.1. The minimum absolute atomic E-state index is 0. The largest absolute Gasteiger partial charge is 0.489 e. The molecule has 0 saturated carbocycles. The van der Waals surface area contributed by atoms with E-state index in [1.165, 1.54) is 12.8 Å². The van der Waals surface area contributed by atoms with Crippen LogP contribution in [0.25, 0.3) is 6.08 Å². The molecule has 2 heterocycles. The van der Waals surface area contributed by atoms with Crippen molar-refractivity contribution >= 4 is 70.0 Å². The molecule has 0 amide bonds. The highest BCUT2D eigenvalue weighted by Crippen LogP contribution is 2.38. The topological polar surface area (TPSA) is 126 Å². The van der Waals surface area contributed by atoms with Crippen LogP contribution in [0.4, 0.5) is 5.69 Å². The summed E-state index contributed by atoms with van der Waals surface area (Å²) in [6.07, 6.45) is 7.66. The third kappa shape index (κ3) is 8.75. The minimum Gasteiger partial charge on any atom is -0.489 e. The van der Waals surface area contributed by atoms with Gasteiger partial charge in [0.05, 0.1) is 23.9 Å². The Morgan fingerprint density at radius 2 is 1.85 bits per heavy atom. The van der Waals surface area contributed by atoms with E-state index in [2.05, 4.69) is 11.9 Å². The highest BCUT2D eigenvalue weighted by molar-refractivity contribution is 7.93. The molecule has 0 radical (unpaired) electrons. The van der Waals surface area contributed by atoms with Gasteiger partial charge in [-0.15, -0.1) is 24.8 Å². The number of esters is 1. The molecule has 226 valence electrons. The first-order valence-electron chi connectivity index (χ1n) is 13.0. The van der Waals surface area contributed by atoms with Gasteiger partial charge in [-0.1, -0.05) is 42.0 Å². The number of carbonyl (C=O) groups excluding carboxylic acids is 1. The number of hydrogen-bond acceptors (Lipinski definition) is 7. The lowest BCUT2D eigenvalue weighted by Crippen LogP contribution is -2.43. The van der Waals surface area contributed by atoms with Crippen molar-refractivity contribution in [1.82, 2.24) is 4.90 Å². The van der Waals surface area contributed by atoms with E-state index in [1.54, 1.807) is 55.5 Å². The Kier molecular flexibility index (Phi) is 12.8. The van der Waals surface area contributed by atoms with Crippen LogP contribution < -0.4 is 14.8 Å². The molecule has 0 aromatic heterocycles. The standard InChI is InChI=1S/C28H35ClN4O5S.2ClH/c1-3-37-27(34)18-39(35,36)33(13-5-7-19-6-4-8-20(14-19)28(30)31)23-11-12-26(25(29)17-23)38-24-15-21-9-10-22(16-24)32(21)2;;/h4-8,11-12,14,17,21-22,24H,3,9-10,13,15-16,18H2,1-2H3,(H3,30,31);2*1H/b7-5+;;. The summed E-state index contributed by atoms with van der Waals surface area (Å²) in [7, 11) is -1.93. The maximum absolute atomic E-state index is 13.3. The van der Waals surface area contributed by atoms with Crippen molar-refractivity contribution in [3.8, 4) is 5.75 Å². The summed E-state index contributed by atoms with van der Waals surface area (Å²) in [5, 5.41) is 7.92. The highest BCUT2D eigenvalue weighted by Gasteiger charge is 2.39. The number of anilines is 1. The molecule has 2 aromatic carbocycles. The number of nitrogens with one attached hydrogen (secondary N) is 1. The van der Waals surface area contributed by atoms with E-state index >= 15 is 0 Å². The number of nitrogen functional groups attached to an aromatic ring is 1. The Morgan fingerprint density at radius 1 is 1.17 bits per heavy atom. The fraction of sp³-hybridized carbons (Fsp3) is 0.429. The summed E-state index contributed by atoms with van der Waals surface area (Å²) in [5.74, 6) is -1.19. The van der Waals surface area contributed by atoms with Crippen molar-refractivity contribution < 1.29 is 22.7 Å². The quantitative estimate of drug-likeness (QED) is 0.202. The molecule has 0 spiro atoms. The molecule has 4 rings (SSSR count). The molecule has 2 bridgehead atoms. The molecule has 2 saturated heterocycles. The van der Waals surface area contributed by atoms with Gasteiger partial charge in [-0.2, -0.15) is 0 Å². The SMILES string of the molecule is CCOC(=O)CS(=O)(=O)N(C/C=C/c1cccc(C(=N)N)c1)c1ccc(OC2CC3CCC(C2)N3C)c(Cl)c1.Cl.Cl. The lowest BCUT2D eigenvalue weighted by Gasteiger charge is -2.36. The molecule has 41 heavy (non-hydrogen) atoms. The summed E-state index contributed by atoms with van der Waals surface area (Å²) in [4.78, 5) is 14.5. The number of nitrogens with zero attached hydrogens (tertiary/aromatic N) is 2. The molecule has 9 nitrogen and oxygen atoms in total. The lowest BCUT2D eigenvalue weighted by molar-refractivity contribution is -0.139. The summed E-state index contributed by atoms with van der Waals surface area (Å²) >= 11 is 6.59. The first kappa shape index (κ1) is 34.7. The number of fused-ring (bicyclic) bond motifs is 2. The molecule has 13 heteroatoms. The summed E-state index contributed by atoms with van der Waals surface area (Å²) in [6.45, 7) is 1.65. The van der Waals surface area contributed by atoms with E-state index < -0.39 is 21.7 Å². The number of hydrogen-bond donors (Lipinski definition) is 2. The predicted octanol–water partition coefficient (Wildman–Crippen LogP) is 4.88. The van der Waals surface area contributed by atoms with Crippen molar-refractivity contribution in [3.05, 3.63) is 64.7 Å². The van der Waals surface area contributed by atoms with E-state index in [1.807, 2.05) is 6.07 Å². The number of carbonyl (C=O) groups is 1. The van der Waals surface area contributed by atoms with Crippen molar-refractivity contribution in [1.29, 1.82) is 5.41 Å². The van der Waals surface area contributed by atoms with Gasteiger partial charge in [0.1, 0.15) is 17.7 Å². The van der Waals surface area contributed by atoms with E-state index in [0.717, 1.165) is 22.7 Å². The third-order valence-corrected chi connectivity index (χ3v) is 9.20. The van der Waals surface area contributed by atoms with Gasteiger partial charge < -0.3 is 20.1 Å². The van der Waals surface area contributed by atoms with Crippen LogP contribution in [0.15, 0.2) is 48.5 Å². The second-order valence-electron chi connectivity index (χ2n) is 9.91. The Hall–Kier alpha value is -2.50. The number of sulfonamides is 1. The fourth-order valence-corrected chi connectivity index (χ4v) is 6.79. The summed E-state index contributed by atoms with van der Waals surface area (Å²) < 4.78 is 38.9. The normalized spacial score (nSPS) is 20.1. The van der Waals surface area contributed by atoms with E-state index in [9.17, 15) is 13.2 Å². The minimum atomic E-state index is -4.09. The maximum Gasteiger partial charge on any atom is 0.323 e. The number of benzene rings is 2. The van der Waals surface area contributed by atoms with E-state index in [0.29, 0.717) is 34.1 Å². The molecular formula is C28H37Cl3N4O5S. The smallest absolute Gasteiger partial charge is 0.323 e. The van der Waals surface area contributed by atoms with Gasteiger partial charge in [0.15, 0.2) is 5.75 Å². The summed E-state index contributed by atoms with van der Waals surface area (Å²) in [6, 6.07) is 12.9. The van der Waals surface area contributed by atoms with Gasteiger partial charge in [-0.05, 0) is 69.5 Å². The molecular weight excluding hydrogens is 611 g/mol. The van der Waals surface area contributed by atoms with E-state index in [-0.39, 0.29) is 49.9 Å². The number of amidine groups is 1. The first-order chi connectivity index (χ1) is 18.6. The number of nitrogens with two attached hydrogens (primary N) is 1. The monoisotopic (exact) mass is 646 g/mol. The van der Waals surface area contributed by atoms with Crippen LogP contribution in [0.5, 0.6) is 5.75 Å². The molecule has 2 unspecified atom stereocenters. The van der Waals surface area contributed by atoms with Crippen LogP contribution in [0.1, 0.15) is 43.7 Å². The van der Waals surface area contributed by atoms with Crippen molar-refractivity contribution in [2.45, 2.75) is 50.8 Å². The van der Waals surface area contributed by atoms with Gasteiger partial charge in [0.2, 0.25) is 10.0 Å². The van der Waals surface area contributed by atoms with Crippen LogP contribution in [0.2, 0.25) is 5.02 Å². The van der Waals surface area contributed by atoms with Crippen molar-refractivity contribution in [2.75, 3.05) is 30.3 Å². The Balaban J connectivity index is 0.00000294. The maximum atomic E-state index is 13.3. The van der Waals surface area contributed by atoms with Gasteiger partial charge >= 0.3 is 5.97 Å². The van der Waals surface area contributed by atoms with Gasteiger partial charge in [0.25, 0.3) is 0 Å². The average molecular weight is 648 g/mol. The lowest BCUT2D eigenvalue weighted by atomic mass is 10.0. The number of rotatable bonds is 11. The van der Waals surface area contributed by atoms with Crippen LogP contribution in [0.3, 0.4) is 0 Å². The molecule has 2 fully saturated rings. The zero-order chi connectivity index (χ0) is 28.2. The van der Waals surface area contributed by atoms with Gasteiger partial charge in [0, 0.05) is 17.6 Å². The van der Waals surface area contributed by atoms with Crippen LogP contribution in [-0.4, -0.2) is 69.3 Å². The fourth-order valence-electron chi connectivity index (χ4n) is 5.28. The van der Waals surface area contributed by atoms with Crippen LogP contribution >= 0.6 is 36.4 Å². The van der Waals surface area contributed by atoms with Crippen LogP contribution in [-0.2, 0) is 19.6 Å². The molecule has 2 aliphatic rings.